The number of hydrogen-bond acceptors (Lipinski definition) is 1. The first-order valence-corrected chi connectivity index (χ1v) is 6.83. The Morgan fingerprint density at radius 1 is 1.10 bits per heavy atom. The van der Waals surface area contributed by atoms with Crippen LogP contribution >= 0.6 is 11.6 Å². The van der Waals surface area contributed by atoms with Crippen LogP contribution in [0.4, 0.5) is 13.2 Å². The Hall–Kier alpha value is -1.52. The second kappa shape index (κ2) is 6.08. The maximum atomic E-state index is 12.5. The molecule has 112 valence electrons. The zero-order chi connectivity index (χ0) is 15.6. The van der Waals surface area contributed by atoms with E-state index in [2.05, 4.69) is 0 Å². The summed E-state index contributed by atoms with van der Waals surface area (Å²) in [7, 11) is 0. The molecule has 0 aliphatic rings. The molecule has 0 aliphatic heterocycles. The van der Waals surface area contributed by atoms with E-state index in [1.54, 1.807) is 12.1 Å². The van der Waals surface area contributed by atoms with Crippen molar-refractivity contribution in [1.29, 1.82) is 0 Å². The van der Waals surface area contributed by atoms with Crippen molar-refractivity contribution in [2.75, 3.05) is 0 Å². The van der Waals surface area contributed by atoms with E-state index in [0.717, 1.165) is 28.8 Å². The Balaban J connectivity index is 2.16. The minimum atomic E-state index is -4.32. The molecule has 1 nitrogen and oxygen atoms in total. The molecule has 1 atom stereocenters. The third-order valence-corrected chi connectivity index (χ3v) is 3.61. The molecule has 0 amide bonds. The molecule has 0 bridgehead atoms. The molecule has 0 heterocycles. The SMILES string of the molecule is Cc1ccc(Cl)cc1C(N)Cc1ccc(C(F)(F)F)cc1. The summed E-state index contributed by atoms with van der Waals surface area (Å²) < 4.78 is 37.5. The fourth-order valence-electron chi connectivity index (χ4n) is 2.20. The smallest absolute Gasteiger partial charge is 0.324 e. The van der Waals surface area contributed by atoms with Crippen molar-refractivity contribution in [2.45, 2.75) is 25.6 Å². The number of alkyl halides is 3. The number of hydrogen-bond donors (Lipinski definition) is 1. The number of aryl methyl sites for hydroxylation is 1. The van der Waals surface area contributed by atoms with Crippen molar-refractivity contribution in [2.24, 2.45) is 5.73 Å². The Kier molecular flexibility index (Phi) is 4.59. The van der Waals surface area contributed by atoms with Crippen molar-refractivity contribution in [3.63, 3.8) is 0 Å². The third kappa shape index (κ3) is 3.99. The van der Waals surface area contributed by atoms with E-state index >= 15 is 0 Å². The fraction of sp³-hybridized carbons (Fsp3) is 0.250. The van der Waals surface area contributed by atoms with E-state index in [0.29, 0.717) is 11.4 Å². The molecule has 2 aromatic carbocycles. The molecule has 1 unspecified atom stereocenters. The number of benzene rings is 2. The molecule has 0 aliphatic carbocycles. The molecule has 21 heavy (non-hydrogen) atoms. The number of nitrogens with two attached hydrogens (primary N) is 1. The van der Waals surface area contributed by atoms with Crippen LogP contribution in [0.3, 0.4) is 0 Å². The monoisotopic (exact) mass is 313 g/mol. The molecule has 2 aromatic rings. The summed E-state index contributed by atoms with van der Waals surface area (Å²) in [5.74, 6) is 0. The van der Waals surface area contributed by atoms with Gasteiger partial charge in [-0.05, 0) is 54.3 Å². The van der Waals surface area contributed by atoms with E-state index in [-0.39, 0.29) is 6.04 Å². The quantitative estimate of drug-likeness (QED) is 0.856. The largest absolute Gasteiger partial charge is 0.416 e. The molecule has 2 N–H and O–H groups in total. The van der Waals surface area contributed by atoms with Gasteiger partial charge in [0.05, 0.1) is 5.56 Å². The minimum absolute atomic E-state index is 0.305. The molecule has 0 fully saturated rings. The topological polar surface area (TPSA) is 26.0 Å². The summed E-state index contributed by atoms with van der Waals surface area (Å²) in [6.45, 7) is 1.93. The van der Waals surface area contributed by atoms with Crippen molar-refractivity contribution in [3.8, 4) is 0 Å². The van der Waals surface area contributed by atoms with Crippen molar-refractivity contribution in [3.05, 3.63) is 69.7 Å². The molecule has 0 saturated heterocycles. The predicted molar refractivity (Wildman–Crippen MR) is 78.3 cm³/mol. The van der Waals surface area contributed by atoms with Gasteiger partial charge in [-0.15, -0.1) is 0 Å². The van der Waals surface area contributed by atoms with Gasteiger partial charge in [-0.2, -0.15) is 13.2 Å². The highest BCUT2D eigenvalue weighted by Crippen LogP contribution is 2.30. The van der Waals surface area contributed by atoms with Crippen molar-refractivity contribution < 1.29 is 13.2 Å². The average Bonchev–Trinajstić information content (AvgIpc) is 2.41. The lowest BCUT2D eigenvalue weighted by Gasteiger charge is -2.16. The van der Waals surface area contributed by atoms with Gasteiger partial charge < -0.3 is 5.73 Å². The fourth-order valence-corrected chi connectivity index (χ4v) is 2.39. The van der Waals surface area contributed by atoms with Gasteiger partial charge in [-0.1, -0.05) is 29.8 Å². The van der Waals surface area contributed by atoms with Gasteiger partial charge in [0.15, 0.2) is 0 Å². The first-order chi connectivity index (χ1) is 9.77. The molecule has 0 aromatic heterocycles. The van der Waals surface area contributed by atoms with Crippen LogP contribution in [0.25, 0.3) is 0 Å². The van der Waals surface area contributed by atoms with Crippen molar-refractivity contribution in [1.82, 2.24) is 0 Å². The van der Waals surface area contributed by atoms with Gasteiger partial charge in [0.25, 0.3) is 0 Å². The molecular weight excluding hydrogens is 299 g/mol. The van der Waals surface area contributed by atoms with Gasteiger partial charge in [-0.25, -0.2) is 0 Å². The van der Waals surface area contributed by atoms with Crippen LogP contribution in [0.15, 0.2) is 42.5 Å². The molecule has 0 radical (unpaired) electrons. The van der Waals surface area contributed by atoms with E-state index in [4.69, 9.17) is 17.3 Å². The summed E-state index contributed by atoms with van der Waals surface area (Å²) in [6.07, 6.45) is -3.86. The summed E-state index contributed by atoms with van der Waals surface area (Å²) in [5.41, 5.74) is 8.16. The van der Waals surface area contributed by atoms with Crippen LogP contribution in [0.2, 0.25) is 5.02 Å². The number of rotatable bonds is 3. The maximum absolute atomic E-state index is 12.5. The highest BCUT2D eigenvalue weighted by atomic mass is 35.5. The summed E-state index contributed by atoms with van der Waals surface area (Å²) in [5, 5.41) is 0.596. The third-order valence-electron chi connectivity index (χ3n) is 3.38. The lowest BCUT2D eigenvalue weighted by atomic mass is 9.95. The Morgan fingerprint density at radius 3 is 2.29 bits per heavy atom. The standard InChI is InChI=1S/C16H15ClF3N/c1-10-2-7-13(17)9-14(10)15(21)8-11-3-5-12(6-4-11)16(18,19)20/h2-7,9,15H,8,21H2,1H3. The van der Waals surface area contributed by atoms with Crippen LogP contribution in [0.5, 0.6) is 0 Å². The van der Waals surface area contributed by atoms with Crippen molar-refractivity contribution >= 4 is 11.6 Å². The van der Waals surface area contributed by atoms with E-state index in [1.165, 1.54) is 12.1 Å². The molecule has 2 rings (SSSR count). The van der Waals surface area contributed by atoms with E-state index in [9.17, 15) is 13.2 Å². The normalized spacial score (nSPS) is 13.2. The molecular formula is C16H15ClF3N. The van der Waals surface area contributed by atoms with Crippen LogP contribution in [-0.2, 0) is 12.6 Å². The van der Waals surface area contributed by atoms with Crippen LogP contribution in [0.1, 0.15) is 28.3 Å². The van der Waals surface area contributed by atoms with E-state index in [1.807, 2.05) is 13.0 Å². The van der Waals surface area contributed by atoms with E-state index < -0.39 is 11.7 Å². The molecule has 5 heteroatoms. The average molecular weight is 314 g/mol. The minimum Gasteiger partial charge on any atom is -0.324 e. The molecule has 0 spiro atoms. The van der Waals surface area contributed by atoms with Gasteiger partial charge in [0.1, 0.15) is 0 Å². The number of halogens is 4. The lowest BCUT2D eigenvalue weighted by molar-refractivity contribution is -0.137. The zero-order valence-corrected chi connectivity index (χ0v) is 12.2. The maximum Gasteiger partial charge on any atom is 0.416 e. The summed E-state index contributed by atoms with van der Waals surface area (Å²) in [4.78, 5) is 0. The Morgan fingerprint density at radius 2 is 1.71 bits per heavy atom. The lowest BCUT2D eigenvalue weighted by Crippen LogP contribution is -2.15. The highest BCUT2D eigenvalue weighted by Gasteiger charge is 2.29. The van der Waals surface area contributed by atoms with Gasteiger partial charge >= 0.3 is 6.18 Å². The van der Waals surface area contributed by atoms with Gasteiger partial charge in [0.2, 0.25) is 0 Å². The highest BCUT2D eigenvalue weighted by molar-refractivity contribution is 6.30. The predicted octanol–water partition coefficient (Wildman–Crippen LogP) is 4.91. The summed E-state index contributed by atoms with van der Waals surface area (Å²) in [6, 6.07) is 10.2. The summed E-state index contributed by atoms with van der Waals surface area (Å²) >= 11 is 5.95. The Labute approximate surface area is 126 Å². The van der Waals surface area contributed by atoms with Crippen LogP contribution < -0.4 is 5.73 Å². The first-order valence-electron chi connectivity index (χ1n) is 6.45. The van der Waals surface area contributed by atoms with Gasteiger partial charge in [0, 0.05) is 11.1 Å². The second-order valence-electron chi connectivity index (χ2n) is 5.01. The second-order valence-corrected chi connectivity index (χ2v) is 5.44. The zero-order valence-electron chi connectivity index (χ0n) is 11.4. The first kappa shape index (κ1) is 15.9. The van der Waals surface area contributed by atoms with Crippen LogP contribution in [0, 0.1) is 6.92 Å². The van der Waals surface area contributed by atoms with Crippen LogP contribution in [-0.4, -0.2) is 0 Å². The molecule has 0 saturated carbocycles. The van der Waals surface area contributed by atoms with Gasteiger partial charge in [-0.3, -0.25) is 0 Å². The Bertz CT molecular complexity index is 620.